The van der Waals surface area contributed by atoms with E-state index in [0.717, 1.165) is 5.56 Å². The number of hydrogen-bond acceptors (Lipinski definition) is 4. The van der Waals surface area contributed by atoms with Gasteiger partial charge in [-0.2, -0.15) is 0 Å². The van der Waals surface area contributed by atoms with Gasteiger partial charge in [-0.3, -0.25) is 14.4 Å². The molecule has 1 rings (SSSR count). The lowest BCUT2D eigenvalue weighted by molar-refractivity contribution is -0.141. The van der Waals surface area contributed by atoms with Gasteiger partial charge in [0.1, 0.15) is 0 Å². The Morgan fingerprint density at radius 1 is 1.15 bits per heavy atom. The zero-order chi connectivity index (χ0) is 15.1. The van der Waals surface area contributed by atoms with Crippen molar-refractivity contribution in [2.45, 2.75) is 32.1 Å². The average Bonchev–Trinajstić information content (AvgIpc) is 2.44. The minimum atomic E-state index is -0.985. The first-order valence-electron chi connectivity index (χ1n) is 6.35. The van der Waals surface area contributed by atoms with Crippen LogP contribution >= 0.6 is 0 Å². The quantitative estimate of drug-likeness (QED) is 0.612. The normalized spacial score (nSPS) is 11.7. The molecule has 0 saturated heterocycles. The number of carboxylic acids is 1. The second kappa shape index (κ2) is 7.43. The van der Waals surface area contributed by atoms with Gasteiger partial charge in [0.05, 0.1) is 20.0 Å². The fraction of sp³-hybridized carbons (Fsp3) is 0.400. The van der Waals surface area contributed by atoms with Crippen LogP contribution in [0.3, 0.4) is 0 Å². The molecule has 0 saturated carbocycles. The smallest absolute Gasteiger partial charge is 0.306 e. The summed E-state index contributed by atoms with van der Waals surface area (Å²) in [4.78, 5) is 33.3. The van der Waals surface area contributed by atoms with E-state index in [4.69, 9.17) is 5.11 Å². The zero-order valence-electron chi connectivity index (χ0n) is 11.6. The van der Waals surface area contributed by atoms with E-state index in [1.54, 1.807) is 24.3 Å². The Morgan fingerprint density at radius 2 is 1.75 bits per heavy atom. The molecule has 1 atom stereocenters. The summed E-state index contributed by atoms with van der Waals surface area (Å²) in [6, 6.07) is 6.88. The lowest BCUT2D eigenvalue weighted by atomic mass is 9.95. The molecule has 1 aromatic carbocycles. The maximum absolute atomic E-state index is 11.7. The van der Waals surface area contributed by atoms with Gasteiger partial charge in [0, 0.05) is 12.0 Å². The second-order valence-electron chi connectivity index (χ2n) is 4.62. The number of carbonyl (C=O) groups is 3. The topological polar surface area (TPSA) is 80.7 Å². The predicted octanol–water partition coefficient (Wildman–Crippen LogP) is 2.40. The van der Waals surface area contributed by atoms with Crippen LogP contribution < -0.4 is 0 Å². The fourth-order valence-electron chi connectivity index (χ4n) is 1.81. The molecule has 0 radical (unpaired) electrons. The first-order valence-corrected chi connectivity index (χ1v) is 6.35. The summed E-state index contributed by atoms with van der Waals surface area (Å²) in [6.07, 6.45) is 0.106. The van der Waals surface area contributed by atoms with E-state index in [1.165, 1.54) is 7.11 Å². The van der Waals surface area contributed by atoms with Crippen LogP contribution in [-0.4, -0.2) is 29.9 Å². The Bertz CT molecular complexity index is 489. The third-order valence-corrected chi connectivity index (χ3v) is 3.07. The summed E-state index contributed by atoms with van der Waals surface area (Å²) in [5.74, 6) is -1.45. The highest BCUT2D eigenvalue weighted by Gasteiger charge is 2.13. The molecule has 5 nitrogen and oxygen atoms in total. The Morgan fingerprint density at radius 3 is 2.25 bits per heavy atom. The van der Waals surface area contributed by atoms with Gasteiger partial charge in [0.25, 0.3) is 0 Å². The molecule has 0 amide bonds. The molecule has 20 heavy (non-hydrogen) atoms. The van der Waals surface area contributed by atoms with Crippen molar-refractivity contribution < 1.29 is 24.2 Å². The summed E-state index contributed by atoms with van der Waals surface area (Å²) < 4.78 is 4.61. The van der Waals surface area contributed by atoms with Gasteiger partial charge >= 0.3 is 11.9 Å². The van der Waals surface area contributed by atoms with E-state index >= 15 is 0 Å². The Labute approximate surface area is 117 Å². The molecule has 0 fully saturated rings. The van der Waals surface area contributed by atoms with Crippen molar-refractivity contribution in [3.05, 3.63) is 35.4 Å². The SMILES string of the molecule is COC(=O)CC(C)c1ccc(C(=O)CCC(=O)O)cc1. The molecule has 0 aromatic heterocycles. The zero-order valence-corrected chi connectivity index (χ0v) is 11.6. The Hall–Kier alpha value is -2.17. The minimum absolute atomic E-state index is 0.00521. The number of Topliss-reactive ketones (excluding diaryl/α,β-unsaturated/α-hetero) is 1. The first-order chi connectivity index (χ1) is 9.43. The predicted molar refractivity (Wildman–Crippen MR) is 72.7 cm³/mol. The van der Waals surface area contributed by atoms with Crippen LogP contribution in [0.5, 0.6) is 0 Å². The number of methoxy groups -OCH3 is 1. The van der Waals surface area contributed by atoms with Crippen molar-refractivity contribution in [2.24, 2.45) is 0 Å². The number of carboxylic acid groups (broad SMARTS) is 1. The highest BCUT2D eigenvalue weighted by molar-refractivity contribution is 5.97. The highest BCUT2D eigenvalue weighted by Crippen LogP contribution is 2.20. The molecular weight excluding hydrogens is 260 g/mol. The lowest BCUT2D eigenvalue weighted by Gasteiger charge is -2.10. The summed E-state index contributed by atoms with van der Waals surface area (Å²) in [6.45, 7) is 1.90. The van der Waals surface area contributed by atoms with Crippen LogP contribution in [0.2, 0.25) is 0 Å². The molecule has 1 aromatic rings. The second-order valence-corrected chi connectivity index (χ2v) is 4.62. The molecule has 1 unspecified atom stereocenters. The lowest BCUT2D eigenvalue weighted by Crippen LogP contribution is -2.07. The van der Waals surface area contributed by atoms with Crippen molar-refractivity contribution in [2.75, 3.05) is 7.11 Å². The number of benzene rings is 1. The van der Waals surface area contributed by atoms with Crippen molar-refractivity contribution in [3.8, 4) is 0 Å². The number of esters is 1. The monoisotopic (exact) mass is 278 g/mol. The fourth-order valence-corrected chi connectivity index (χ4v) is 1.81. The maximum atomic E-state index is 11.7. The molecule has 5 heteroatoms. The molecule has 0 aliphatic heterocycles. The molecule has 0 bridgehead atoms. The number of aliphatic carboxylic acids is 1. The van der Waals surface area contributed by atoms with Gasteiger partial charge in [-0.1, -0.05) is 31.2 Å². The van der Waals surface area contributed by atoms with Crippen LogP contribution in [0.25, 0.3) is 0 Å². The number of ketones is 1. The van der Waals surface area contributed by atoms with Crippen LogP contribution in [-0.2, 0) is 14.3 Å². The first kappa shape index (κ1) is 15.9. The number of carbonyl (C=O) groups excluding carboxylic acids is 2. The van der Waals surface area contributed by atoms with Gasteiger partial charge in [-0.15, -0.1) is 0 Å². The van der Waals surface area contributed by atoms with E-state index in [9.17, 15) is 14.4 Å². The van der Waals surface area contributed by atoms with E-state index < -0.39 is 5.97 Å². The molecule has 0 spiro atoms. The molecule has 0 heterocycles. The largest absolute Gasteiger partial charge is 0.481 e. The van der Waals surface area contributed by atoms with Gasteiger partial charge in [0.2, 0.25) is 0 Å². The molecule has 0 aliphatic rings. The van der Waals surface area contributed by atoms with Gasteiger partial charge in [-0.05, 0) is 11.5 Å². The summed E-state index contributed by atoms with van der Waals surface area (Å²) >= 11 is 0. The van der Waals surface area contributed by atoms with E-state index in [1.807, 2.05) is 6.92 Å². The summed E-state index contributed by atoms with van der Waals surface area (Å²) in [5, 5.41) is 8.54. The van der Waals surface area contributed by atoms with E-state index in [0.29, 0.717) is 5.56 Å². The van der Waals surface area contributed by atoms with Crippen LogP contribution in [0.15, 0.2) is 24.3 Å². The Balaban J connectivity index is 2.66. The standard InChI is InChI=1S/C15H18O5/c1-10(9-15(19)20-2)11-3-5-12(6-4-11)13(16)7-8-14(17)18/h3-6,10H,7-9H2,1-2H3,(H,17,18). The third kappa shape index (κ3) is 4.84. The Kier molecular flexibility index (Phi) is 5.90. The molecule has 0 aliphatic carbocycles. The average molecular weight is 278 g/mol. The molecular formula is C15H18O5. The summed E-state index contributed by atoms with van der Waals surface area (Å²) in [5.41, 5.74) is 1.42. The van der Waals surface area contributed by atoms with Crippen molar-refractivity contribution in [3.63, 3.8) is 0 Å². The van der Waals surface area contributed by atoms with Crippen LogP contribution in [0.4, 0.5) is 0 Å². The van der Waals surface area contributed by atoms with Gasteiger partial charge in [-0.25, -0.2) is 0 Å². The van der Waals surface area contributed by atoms with Crippen molar-refractivity contribution >= 4 is 17.7 Å². The highest BCUT2D eigenvalue weighted by atomic mass is 16.5. The van der Waals surface area contributed by atoms with Gasteiger partial charge < -0.3 is 9.84 Å². The summed E-state index contributed by atoms with van der Waals surface area (Å²) in [7, 11) is 1.35. The maximum Gasteiger partial charge on any atom is 0.306 e. The third-order valence-electron chi connectivity index (χ3n) is 3.07. The van der Waals surface area contributed by atoms with Crippen molar-refractivity contribution in [1.82, 2.24) is 0 Å². The number of ether oxygens (including phenoxy) is 1. The number of rotatable bonds is 7. The van der Waals surface area contributed by atoms with Crippen LogP contribution in [0.1, 0.15) is 48.0 Å². The minimum Gasteiger partial charge on any atom is -0.481 e. The van der Waals surface area contributed by atoms with Crippen LogP contribution in [0, 0.1) is 0 Å². The number of hydrogen-bond donors (Lipinski definition) is 1. The van der Waals surface area contributed by atoms with E-state index in [-0.39, 0.29) is 36.9 Å². The molecule has 108 valence electrons. The van der Waals surface area contributed by atoms with Crippen molar-refractivity contribution in [1.29, 1.82) is 0 Å². The van der Waals surface area contributed by atoms with E-state index in [2.05, 4.69) is 4.74 Å². The van der Waals surface area contributed by atoms with Gasteiger partial charge in [0.15, 0.2) is 5.78 Å². The molecule has 1 N–H and O–H groups in total.